The molecule has 31 heavy (non-hydrogen) atoms. The van der Waals surface area contributed by atoms with Crippen LogP contribution in [-0.2, 0) is 9.47 Å². The van der Waals surface area contributed by atoms with Crippen LogP contribution in [0.2, 0.25) is 0 Å². The van der Waals surface area contributed by atoms with Crippen molar-refractivity contribution in [2.75, 3.05) is 34.9 Å². The van der Waals surface area contributed by atoms with Gasteiger partial charge in [-0.1, -0.05) is 0 Å². The summed E-state index contributed by atoms with van der Waals surface area (Å²) in [6.45, 7) is 6.24. The fourth-order valence-electron chi connectivity index (χ4n) is 4.69. The van der Waals surface area contributed by atoms with Gasteiger partial charge < -0.3 is 28.6 Å². The van der Waals surface area contributed by atoms with Gasteiger partial charge in [-0.2, -0.15) is 0 Å². The van der Waals surface area contributed by atoms with Gasteiger partial charge in [0.2, 0.25) is 5.75 Å². The van der Waals surface area contributed by atoms with Crippen LogP contribution < -0.4 is 14.2 Å². The van der Waals surface area contributed by atoms with E-state index in [1.165, 1.54) is 7.11 Å². The van der Waals surface area contributed by atoms with Crippen LogP contribution in [0.4, 0.5) is 0 Å². The molecule has 0 amide bonds. The van der Waals surface area contributed by atoms with Gasteiger partial charge in [-0.3, -0.25) is 0 Å². The molecule has 1 unspecified atom stereocenters. The van der Waals surface area contributed by atoms with Crippen LogP contribution in [-0.4, -0.2) is 57.6 Å². The van der Waals surface area contributed by atoms with Crippen LogP contribution in [0, 0.1) is 12.8 Å². The van der Waals surface area contributed by atoms with Crippen LogP contribution in [0.3, 0.4) is 0 Å². The molecule has 1 atom stereocenters. The van der Waals surface area contributed by atoms with Crippen molar-refractivity contribution in [3.8, 4) is 17.2 Å². The normalized spacial score (nSPS) is 25.2. The van der Waals surface area contributed by atoms with E-state index in [0.29, 0.717) is 46.6 Å². The van der Waals surface area contributed by atoms with Crippen LogP contribution in [0.1, 0.15) is 61.0 Å². The highest BCUT2D eigenvalue weighted by Crippen LogP contribution is 2.54. The van der Waals surface area contributed by atoms with E-state index in [0.717, 1.165) is 25.7 Å². The number of methoxy groups -OCH3 is 2. The molecule has 7 nitrogen and oxygen atoms in total. The topological polar surface area (TPSA) is 66.5 Å². The molecular weight excluding hydrogens is 398 g/mol. The minimum atomic E-state index is -0.812. The minimum Gasteiger partial charge on any atom is -0.501 e. The van der Waals surface area contributed by atoms with Crippen molar-refractivity contribution < 1.29 is 28.5 Å². The molecule has 1 heterocycles. The van der Waals surface area contributed by atoms with Crippen molar-refractivity contribution in [1.29, 1.82) is 0 Å². The number of benzene rings is 1. The number of ether oxygens (including phenoxy) is 5. The van der Waals surface area contributed by atoms with Gasteiger partial charge in [0.05, 0.1) is 32.7 Å². The lowest BCUT2D eigenvalue weighted by Crippen LogP contribution is -2.46. The SMILES string of the molecule is CCO/C=C/c1c(OC)c2c(c(C)c1C(=O)OC)OC(C)(C1CCC(N(C)C)CC1)O2. The lowest BCUT2D eigenvalue weighted by Gasteiger charge is -2.39. The van der Waals surface area contributed by atoms with Crippen molar-refractivity contribution in [2.45, 2.75) is 58.3 Å². The van der Waals surface area contributed by atoms with Gasteiger partial charge in [-0.05, 0) is 59.7 Å². The quantitative estimate of drug-likeness (QED) is 0.466. The van der Waals surface area contributed by atoms with Gasteiger partial charge in [0.15, 0.2) is 11.5 Å². The van der Waals surface area contributed by atoms with E-state index in [1.807, 2.05) is 20.8 Å². The second-order valence-electron chi connectivity index (χ2n) is 8.54. The Labute approximate surface area is 185 Å². The minimum absolute atomic E-state index is 0.240. The monoisotopic (exact) mass is 433 g/mol. The number of fused-ring (bicyclic) bond motifs is 1. The molecule has 2 aliphatic rings. The number of esters is 1. The fraction of sp³-hybridized carbons (Fsp3) is 0.625. The average Bonchev–Trinajstić information content (AvgIpc) is 3.13. The number of hydrogen-bond donors (Lipinski definition) is 0. The number of nitrogens with zero attached hydrogens (tertiary/aromatic N) is 1. The predicted octanol–water partition coefficient (Wildman–Crippen LogP) is 4.41. The molecule has 1 aliphatic heterocycles. The summed E-state index contributed by atoms with van der Waals surface area (Å²) in [5.74, 6) is 0.488. The number of carbonyl (C=O) groups excluding carboxylic acids is 1. The van der Waals surface area contributed by atoms with Crippen molar-refractivity contribution in [2.24, 2.45) is 5.92 Å². The lowest BCUT2D eigenvalue weighted by molar-refractivity contribution is -0.123. The van der Waals surface area contributed by atoms with Gasteiger partial charge in [0.25, 0.3) is 5.79 Å². The molecule has 1 aromatic carbocycles. The summed E-state index contributed by atoms with van der Waals surface area (Å²) in [7, 11) is 7.18. The zero-order chi connectivity index (χ0) is 22.8. The maximum absolute atomic E-state index is 12.7. The molecule has 172 valence electrons. The van der Waals surface area contributed by atoms with E-state index in [-0.39, 0.29) is 5.92 Å². The average molecular weight is 434 g/mol. The summed E-state index contributed by atoms with van der Waals surface area (Å²) < 4.78 is 29.0. The maximum Gasteiger partial charge on any atom is 0.339 e. The molecule has 1 fully saturated rings. The van der Waals surface area contributed by atoms with Gasteiger partial charge in [0.1, 0.15) is 0 Å². The van der Waals surface area contributed by atoms with Crippen LogP contribution in [0.5, 0.6) is 17.2 Å². The third kappa shape index (κ3) is 4.33. The number of hydrogen-bond acceptors (Lipinski definition) is 7. The smallest absolute Gasteiger partial charge is 0.339 e. The summed E-state index contributed by atoms with van der Waals surface area (Å²) in [6, 6.07) is 0.584. The summed E-state index contributed by atoms with van der Waals surface area (Å²) in [5.41, 5.74) is 1.62. The van der Waals surface area contributed by atoms with Crippen molar-refractivity contribution in [1.82, 2.24) is 4.90 Å². The summed E-state index contributed by atoms with van der Waals surface area (Å²) in [5, 5.41) is 0. The zero-order valence-electron chi connectivity index (χ0n) is 19.7. The fourth-order valence-corrected chi connectivity index (χ4v) is 4.69. The lowest BCUT2D eigenvalue weighted by atomic mass is 9.81. The number of carbonyl (C=O) groups is 1. The molecule has 0 N–H and O–H groups in total. The molecule has 1 aliphatic carbocycles. The highest BCUT2D eigenvalue weighted by atomic mass is 16.7. The molecule has 0 spiro atoms. The first kappa shape index (κ1) is 23.3. The third-order valence-electron chi connectivity index (χ3n) is 6.51. The zero-order valence-corrected chi connectivity index (χ0v) is 19.7. The Kier molecular flexibility index (Phi) is 7.04. The molecule has 0 saturated heterocycles. The Morgan fingerprint density at radius 2 is 1.81 bits per heavy atom. The van der Waals surface area contributed by atoms with E-state index in [9.17, 15) is 4.79 Å². The molecule has 1 aromatic rings. The molecule has 3 rings (SSSR count). The van der Waals surface area contributed by atoms with Crippen LogP contribution >= 0.6 is 0 Å². The first-order valence-corrected chi connectivity index (χ1v) is 10.9. The van der Waals surface area contributed by atoms with E-state index in [2.05, 4.69) is 19.0 Å². The van der Waals surface area contributed by atoms with Gasteiger partial charge >= 0.3 is 5.97 Å². The molecule has 7 heteroatoms. The Balaban J connectivity index is 2.01. The van der Waals surface area contributed by atoms with Crippen LogP contribution in [0.15, 0.2) is 6.26 Å². The van der Waals surface area contributed by atoms with Crippen molar-refractivity contribution in [3.63, 3.8) is 0 Å². The Morgan fingerprint density at radius 3 is 2.35 bits per heavy atom. The Bertz CT molecular complexity index is 841. The second kappa shape index (κ2) is 9.39. The summed E-state index contributed by atoms with van der Waals surface area (Å²) >= 11 is 0. The highest BCUT2D eigenvalue weighted by Gasteiger charge is 2.48. The van der Waals surface area contributed by atoms with Gasteiger partial charge in [0, 0.05) is 30.0 Å². The molecular formula is C24H35NO6. The number of rotatable bonds is 7. The largest absolute Gasteiger partial charge is 0.501 e. The van der Waals surface area contributed by atoms with Gasteiger partial charge in [-0.25, -0.2) is 4.79 Å². The summed E-state index contributed by atoms with van der Waals surface area (Å²) in [6.07, 6.45) is 7.48. The highest BCUT2D eigenvalue weighted by molar-refractivity contribution is 5.98. The van der Waals surface area contributed by atoms with Crippen LogP contribution in [0.25, 0.3) is 6.08 Å². The maximum atomic E-state index is 12.7. The van der Waals surface area contributed by atoms with Gasteiger partial charge in [-0.15, -0.1) is 0 Å². The van der Waals surface area contributed by atoms with Crippen molar-refractivity contribution in [3.05, 3.63) is 23.0 Å². The van der Waals surface area contributed by atoms with E-state index in [4.69, 9.17) is 23.7 Å². The molecule has 1 saturated carbocycles. The Hall–Kier alpha value is -2.41. The molecule has 0 radical (unpaired) electrons. The van der Waals surface area contributed by atoms with E-state index >= 15 is 0 Å². The molecule has 0 bridgehead atoms. The van der Waals surface area contributed by atoms with E-state index in [1.54, 1.807) is 19.4 Å². The Morgan fingerprint density at radius 1 is 1.16 bits per heavy atom. The molecule has 0 aromatic heterocycles. The standard InChI is InChI=1S/C24H35NO6/c1-8-29-14-13-18-19(23(26)28-7)15(2)20-22(21(18)27-6)31-24(3,30-20)16-9-11-17(12-10-16)25(4)5/h13-14,16-17H,8-12H2,1-7H3/b14-13+. The third-order valence-corrected chi connectivity index (χ3v) is 6.51. The second-order valence-corrected chi connectivity index (χ2v) is 8.54. The first-order chi connectivity index (χ1) is 14.8. The predicted molar refractivity (Wildman–Crippen MR) is 119 cm³/mol. The first-order valence-electron chi connectivity index (χ1n) is 10.9. The van der Waals surface area contributed by atoms with Crippen molar-refractivity contribution >= 4 is 12.0 Å². The summed E-state index contributed by atoms with van der Waals surface area (Å²) in [4.78, 5) is 15.0. The van der Waals surface area contributed by atoms with E-state index < -0.39 is 11.8 Å².